The van der Waals surface area contributed by atoms with Crippen molar-refractivity contribution in [3.05, 3.63) is 23.8 Å². The minimum absolute atomic E-state index is 0.0822. The van der Waals surface area contributed by atoms with Crippen molar-refractivity contribution >= 4 is 0 Å². The van der Waals surface area contributed by atoms with E-state index in [0.717, 1.165) is 13.2 Å². The Morgan fingerprint density at radius 1 is 1.46 bits per heavy atom. The Balaban J connectivity index is 2.00. The smallest absolute Gasteiger partial charge is 0.123 e. The van der Waals surface area contributed by atoms with E-state index in [1.165, 1.54) is 5.57 Å². The van der Waals surface area contributed by atoms with Gasteiger partial charge in [0.05, 0.1) is 24.7 Å². The van der Waals surface area contributed by atoms with E-state index in [1.54, 1.807) is 0 Å². The van der Waals surface area contributed by atoms with Crippen LogP contribution in [0.3, 0.4) is 0 Å². The zero-order valence-corrected chi connectivity index (χ0v) is 7.62. The highest BCUT2D eigenvalue weighted by Gasteiger charge is 2.73. The zero-order valence-electron chi connectivity index (χ0n) is 7.62. The van der Waals surface area contributed by atoms with Crippen molar-refractivity contribution in [2.75, 3.05) is 13.2 Å². The molecule has 4 rings (SSSR count). The van der Waals surface area contributed by atoms with Gasteiger partial charge in [-0.1, -0.05) is 23.8 Å². The Bertz CT molecular complexity index is 357. The van der Waals surface area contributed by atoms with Crippen LogP contribution >= 0.6 is 0 Å². The van der Waals surface area contributed by atoms with Crippen LogP contribution in [0, 0.1) is 11.3 Å². The average Bonchev–Trinajstić information content (AvgIpc) is 2.72. The molecule has 0 amide bonds. The van der Waals surface area contributed by atoms with Crippen LogP contribution in [0.5, 0.6) is 0 Å². The normalized spacial score (nSPS) is 60.2. The Morgan fingerprint density at radius 3 is 3.15 bits per heavy atom. The molecule has 4 atom stereocenters. The fourth-order valence-corrected chi connectivity index (χ4v) is 3.64. The van der Waals surface area contributed by atoms with Gasteiger partial charge in [-0.3, -0.25) is 0 Å². The predicted octanol–water partition coefficient (Wildman–Crippen LogP) is 1.29. The molecule has 2 spiro atoms. The lowest BCUT2D eigenvalue weighted by Crippen LogP contribution is -2.51. The second-order valence-electron chi connectivity index (χ2n) is 4.67. The summed E-state index contributed by atoms with van der Waals surface area (Å²) in [6.07, 6.45) is 7.13. The van der Waals surface area contributed by atoms with Gasteiger partial charge in [-0.25, -0.2) is 0 Å². The third kappa shape index (κ3) is 0.448. The molecule has 2 heteroatoms. The molecule has 0 saturated carbocycles. The molecule has 0 aromatic heterocycles. The maximum Gasteiger partial charge on any atom is 0.123 e. The van der Waals surface area contributed by atoms with Crippen molar-refractivity contribution < 1.29 is 9.47 Å². The third-order valence-corrected chi connectivity index (χ3v) is 4.36. The maximum absolute atomic E-state index is 6.04. The summed E-state index contributed by atoms with van der Waals surface area (Å²) in [5, 5.41) is 0. The van der Waals surface area contributed by atoms with Crippen molar-refractivity contribution in [3.63, 3.8) is 0 Å². The number of fused-ring (bicyclic) bond motifs is 2. The number of rotatable bonds is 0. The summed E-state index contributed by atoms with van der Waals surface area (Å²) in [7, 11) is 0. The molecule has 4 aliphatic rings. The maximum atomic E-state index is 6.04. The van der Waals surface area contributed by atoms with Crippen molar-refractivity contribution in [3.8, 4) is 0 Å². The van der Waals surface area contributed by atoms with Crippen molar-refractivity contribution in [2.24, 2.45) is 11.3 Å². The molecular weight excluding hydrogens is 164 g/mol. The molecule has 0 aromatic rings. The molecule has 3 aliphatic heterocycles. The first-order chi connectivity index (χ1) is 6.29. The minimum atomic E-state index is -0.0822. The molecule has 3 heterocycles. The summed E-state index contributed by atoms with van der Waals surface area (Å²) in [5.41, 5.74) is 1.62. The highest BCUT2D eigenvalue weighted by Crippen LogP contribution is 2.67. The first-order valence-electron chi connectivity index (χ1n) is 4.92. The quantitative estimate of drug-likeness (QED) is 0.518. The van der Waals surface area contributed by atoms with Gasteiger partial charge in [-0.05, 0) is 6.92 Å². The van der Waals surface area contributed by atoms with Crippen LogP contribution in [-0.4, -0.2) is 24.9 Å². The van der Waals surface area contributed by atoms with Crippen LogP contribution in [0.4, 0.5) is 0 Å². The van der Waals surface area contributed by atoms with Gasteiger partial charge in [-0.15, -0.1) is 0 Å². The first-order valence-corrected chi connectivity index (χ1v) is 4.92. The second kappa shape index (κ2) is 1.64. The van der Waals surface area contributed by atoms with E-state index in [1.807, 2.05) is 0 Å². The highest BCUT2D eigenvalue weighted by atomic mass is 16.6. The van der Waals surface area contributed by atoms with E-state index in [2.05, 4.69) is 25.2 Å². The summed E-state index contributed by atoms with van der Waals surface area (Å²) >= 11 is 0. The van der Waals surface area contributed by atoms with Crippen LogP contribution in [0.15, 0.2) is 23.8 Å². The molecule has 13 heavy (non-hydrogen) atoms. The first kappa shape index (κ1) is 6.80. The molecule has 68 valence electrons. The third-order valence-electron chi connectivity index (χ3n) is 4.36. The van der Waals surface area contributed by atoms with Crippen molar-refractivity contribution in [1.82, 2.24) is 0 Å². The van der Waals surface area contributed by atoms with E-state index in [0.29, 0.717) is 12.0 Å². The average molecular weight is 176 g/mol. The van der Waals surface area contributed by atoms with Gasteiger partial charge in [-0.2, -0.15) is 0 Å². The minimum Gasteiger partial charge on any atom is -0.377 e. The molecule has 2 saturated heterocycles. The predicted molar refractivity (Wildman–Crippen MR) is 47.2 cm³/mol. The van der Waals surface area contributed by atoms with Gasteiger partial charge in [0, 0.05) is 5.92 Å². The Kier molecular flexibility index (Phi) is 0.858. The monoisotopic (exact) mass is 176 g/mol. The SMILES string of the molecule is CC1=C[C@@H]2[C@@H]3C=C[C@@]4(COC[C@@]124)O3. The van der Waals surface area contributed by atoms with E-state index < -0.39 is 0 Å². The Hall–Kier alpha value is -0.600. The number of hydrogen-bond donors (Lipinski definition) is 0. The lowest BCUT2D eigenvalue weighted by molar-refractivity contribution is -0.00147. The molecule has 1 aliphatic carbocycles. The van der Waals surface area contributed by atoms with E-state index in [-0.39, 0.29) is 11.0 Å². The van der Waals surface area contributed by atoms with Gasteiger partial charge in [0.15, 0.2) is 0 Å². The van der Waals surface area contributed by atoms with Crippen LogP contribution < -0.4 is 0 Å². The van der Waals surface area contributed by atoms with Crippen LogP contribution in [-0.2, 0) is 9.47 Å². The van der Waals surface area contributed by atoms with Crippen LogP contribution in [0.1, 0.15) is 6.92 Å². The highest BCUT2D eigenvalue weighted by molar-refractivity contribution is 5.47. The topological polar surface area (TPSA) is 18.5 Å². The summed E-state index contributed by atoms with van der Waals surface area (Å²) in [4.78, 5) is 0. The fraction of sp³-hybridized carbons (Fsp3) is 0.636. The van der Waals surface area contributed by atoms with E-state index in [9.17, 15) is 0 Å². The molecule has 0 N–H and O–H groups in total. The summed E-state index contributed by atoms with van der Waals surface area (Å²) in [5.74, 6) is 0.597. The lowest BCUT2D eigenvalue weighted by Gasteiger charge is -2.46. The molecule has 2 fully saturated rings. The Morgan fingerprint density at radius 2 is 2.38 bits per heavy atom. The molecule has 0 unspecified atom stereocenters. The summed E-state index contributed by atoms with van der Waals surface area (Å²) < 4.78 is 11.7. The van der Waals surface area contributed by atoms with Crippen LogP contribution in [0.2, 0.25) is 0 Å². The second-order valence-corrected chi connectivity index (χ2v) is 4.67. The largest absolute Gasteiger partial charge is 0.377 e. The van der Waals surface area contributed by atoms with Gasteiger partial charge in [0.2, 0.25) is 0 Å². The summed E-state index contributed by atoms with van der Waals surface area (Å²) in [6.45, 7) is 3.83. The van der Waals surface area contributed by atoms with Gasteiger partial charge >= 0.3 is 0 Å². The Labute approximate surface area is 77.2 Å². The van der Waals surface area contributed by atoms with Crippen molar-refractivity contribution in [1.29, 1.82) is 0 Å². The number of hydrogen-bond acceptors (Lipinski definition) is 2. The lowest BCUT2D eigenvalue weighted by atomic mass is 9.53. The standard InChI is InChI=1S/C11H12O2/c1-7-4-8-9-2-3-10(13-9)5-12-6-11(7,8)10/h2-4,8-9H,5-6H2,1H3/t8-,9+,10+,11-/m1/s1. The van der Waals surface area contributed by atoms with Crippen molar-refractivity contribution in [2.45, 2.75) is 18.6 Å². The van der Waals surface area contributed by atoms with Gasteiger partial charge in [0.25, 0.3) is 0 Å². The molecule has 0 aromatic carbocycles. The number of ether oxygens (including phenoxy) is 2. The summed E-state index contributed by atoms with van der Waals surface area (Å²) in [6, 6.07) is 0. The molecule has 2 bridgehead atoms. The molecule has 2 nitrogen and oxygen atoms in total. The van der Waals surface area contributed by atoms with E-state index in [4.69, 9.17) is 9.47 Å². The zero-order chi connectivity index (χ0) is 8.68. The van der Waals surface area contributed by atoms with Gasteiger partial charge < -0.3 is 9.47 Å². The van der Waals surface area contributed by atoms with E-state index >= 15 is 0 Å². The molecular formula is C11H12O2. The molecule has 0 radical (unpaired) electrons. The fourth-order valence-electron chi connectivity index (χ4n) is 3.64. The van der Waals surface area contributed by atoms with Gasteiger partial charge in [0.1, 0.15) is 5.60 Å². The van der Waals surface area contributed by atoms with Crippen LogP contribution in [0.25, 0.3) is 0 Å².